The third-order valence-electron chi connectivity index (χ3n) is 11.6. The van der Waals surface area contributed by atoms with Gasteiger partial charge in [0.15, 0.2) is 0 Å². The van der Waals surface area contributed by atoms with Crippen LogP contribution in [0.4, 0.5) is 0 Å². The first-order chi connectivity index (χ1) is 28.2. The summed E-state index contributed by atoms with van der Waals surface area (Å²) < 4.78 is 0. The molecular formula is C46H53N7O5S. The van der Waals surface area contributed by atoms with Gasteiger partial charge in [-0.3, -0.25) is 19.3 Å². The highest BCUT2D eigenvalue weighted by Crippen LogP contribution is 2.33. The minimum Gasteiger partial charge on any atom is -0.507 e. The van der Waals surface area contributed by atoms with Gasteiger partial charge in [-0.1, -0.05) is 81.4 Å². The minimum absolute atomic E-state index is 0.0177. The van der Waals surface area contributed by atoms with Crippen LogP contribution in [0.3, 0.4) is 0 Å². The van der Waals surface area contributed by atoms with Gasteiger partial charge in [0.1, 0.15) is 17.8 Å². The van der Waals surface area contributed by atoms with E-state index in [0.29, 0.717) is 17.2 Å². The van der Waals surface area contributed by atoms with Crippen molar-refractivity contribution < 1.29 is 24.6 Å². The van der Waals surface area contributed by atoms with Crippen molar-refractivity contribution >= 4 is 29.1 Å². The smallest absolute Gasteiger partial charge is 0.246 e. The summed E-state index contributed by atoms with van der Waals surface area (Å²) in [4.78, 5) is 50.5. The van der Waals surface area contributed by atoms with E-state index in [0.717, 1.165) is 58.8 Å². The molecule has 3 aromatic carbocycles. The zero-order valence-electron chi connectivity index (χ0n) is 34.3. The van der Waals surface area contributed by atoms with Gasteiger partial charge in [0.05, 0.1) is 46.7 Å². The van der Waals surface area contributed by atoms with Crippen molar-refractivity contribution in [3.8, 4) is 38.6 Å². The number of aromatic hydroxyl groups is 1. The van der Waals surface area contributed by atoms with Gasteiger partial charge in [-0.15, -0.1) is 11.3 Å². The lowest BCUT2D eigenvalue weighted by Crippen LogP contribution is -2.59. The molecule has 12 nitrogen and oxygen atoms in total. The number of aliphatic hydroxyl groups is 1. The van der Waals surface area contributed by atoms with Crippen LogP contribution in [0.5, 0.6) is 5.75 Å². The number of likely N-dealkylation sites (tertiary alicyclic amines) is 2. The number of thiazole rings is 1. The van der Waals surface area contributed by atoms with Crippen molar-refractivity contribution in [2.45, 2.75) is 84.0 Å². The lowest BCUT2D eigenvalue weighted by molar-refractivity contribution is -0.144. The molecule has 4 heterocycles. The standard InChI is InChI=1S/C46H53N7O5S/c1-28(30-10-16-34(17-11-30)42-29(2)47-27-59-42)49-44(57)39-23-36(54)25-53(39)45(58)43(46(3,4)5)50-41(56)26-52-20-18-33(19-21-52)31-12-14-32(15-13-31)35-22-38(51-48-24-35)37-8-6-7-9-40(37)55/h6-17,22,24,27-28,33,36,39,43,54-55H,18-21,23,25-26H2,1-5H3,(H,49,57)(H,50,56)/t28-,36+,39-,43?/m0/s1. The maximum atomic E-state index is 14.2. The molecule has 0 spiro atoms. The third-order valence-corrected chi connectivity index (χ3v) is 12.5. The molecule has 308 valence electrons. The highest BCUT2D eigenvalue weighted by atomic mass is 32.1. The number of β-amino-alcohol motifs (C(OH)–C–C–N with tert-alkyl or cyclic N) is 1. The molecule has 13 heteroatoms. The molecular weight excluding hydrogens is 763 g/mol. The van der Waals surface area contributed by atoms with Gasteiger partial charge in [-0.2, -0.15) is 10.2 Å². The van der Waals surface area contributed by atoms with Crippen molar-refractivity contribution in [3.63, 3.8) is 0 Å². The SMILES string of the molecule is Cc1ncsc1-c1ccc([C@H](C)NC(=O)[C@@H]2C[C@@H](O)CN2C(=O)C(NC(=O)CN2CCC(c3ccc(-c4cnnc(-c5ccccc5O)c4)cc3)CC2)C(C)(C)C)cc1. The number of aromatic nitrogens is 3. The predicted octanol–water partition coefficient (Wildman–Crippen LogP) is 6.50. The first kappa shape index (κ1) is 41.7. The molecule has 2 aliphatic heterocycles. The fourth-order valence-corrected chi connectivity index (χ4v) is 8.96. The number of aliphatic hydroxyl groups excluding tert-OH is 1. The molecule has 2 fully saturated rings. The van der Waals surface area contributed by atoms with Gasteiger partial charge in [-0.25, -0.2) is 4.98 Å². The molecule has 0 aliphatic carbocycles. The van der Waals surface area contributed by atoms with Gasteiger partial charge in [0.25, 0.3) is 0 Å². The molecule has 2 aliphatic rings. The van der Waals surface area contributed by atoms with Crippen molar-refractivity contribution in [2.24, 2.45) is 5.41 Å². The number of nitrogens with zero attached hydrogens (tertiary/aromatic N) is 5. The van der Waals surface area contributed by atoms with Crippen LogP contribution in [0.25, 0.3) is 32.8 Å². The molecule has 59 heavy (non-hydrogen) atoms. The number of carbonyl (C=O) groups is 3. The Morgan fingerprint density at radius 3 is 2.29 bits per heavy atom. The Bertz CT molecular complexity index is 2260. The highest BCUT2D eigenvalue weighted by Gasteiger charge is 2.45. The summed E-state index contributed by atoms with van der Waals surface area (Å²) >= 11 is 1.58. The van der Waals surface area contributed by atoms with Gasteiger partial charge < -0.3 is 25.7 Å². The highest BCUT2D eigenvalue weighted by molar-refractivity contribution is 7.13. The molecule has 2 aromatic heterocycles. The molecule has 4 N–H and O–H groups in total. The van der Waals surface area contributed by atoms with Gasteiger partial charge in [0.2, 0.25) is 17.7 Å². The normalized spacial score (nSPS) is 18.6. The lowest BCUT2D eigenvalue weighted by Gasteiger charge is -2.36. The summed E-state index contributed by atoms with van der Waals surface area (Å²) in [5.41, 5.74) is 8.52. The first-order valence-electron chi connectivity index (χ1n) is 20.3. The second kappa shape index (κ2) is 17.8. The van der Waals surface area contributed by atoms with Crippen LogP contribution in [0.1, 0.15) is 75.7 Å². The molecule has 0 radical (unpaired) electrons. The second-order valence-corrected chi connectivity index (χ2v) is 17.8. The van der Waals surface area contributed by atoms with Gasteiger partial charge >= 0.3 is 0 Å². The van der Waals surface area contributed by atoms with Crippen LogP contribution in [-0.2, 0) is 14.4 Å². The van der Waals surface area contributed by atoms with E-state index in [1.54, 1.807) is 29.7 Å². The van der Waals surface area contributed by atoms with E-state index < -0.39 is 23.6 Å². The Balaban J connectivity index is 0.924. The maximum Gasteiger partial charge on any atom is 0.246 e. The van der Waals surface area contributed by atoms with Crippen molar-refractivity contribution in [2.75, 3.05) is 26.2 Å². The molecule has 1 unspecified atom stereocenters. The summed E-state index contributed by atoms with van der Waals surface area (Å²) in [6.45, 7) is 11.2. The number of hydrogen-bond acceptors (Lipinski definition) is 10. The molecule has 7 rings (SSSR count). The lowest BCUT2D eigenvalue weighted by atomic mass is 9.85. The Kier molecular flexibility index (Phi) is 12.6. The summed E-state index contributed by atoms with van der Waals surface area (Å²) in [5, 5.41) is 35.4. The van der Waals surface area contributed by atoms with E-state index in [9.17, 15) is 24.6 Å². The van der Waals surface area contributed by atoms with E-state index in [1.165, 1.54) is 10.5 Å². The van der Waals surface area contributed by atoms with E-state index >= 15 is 0 Å². The number of hydrogen-bond donors (Lipinski definition) is 4. The van der Waals surface area contributed by atoms with Crippen LogP contribution in [0, 0.1) is 12.3 Å². The number of aryl methyl sites for hydroxylation is 1. The van der Waals surface area contributed by atoms with Crippen LogP contribution < -0.4 is 10.6 Å². The van der Waals surface area contributed by atoms with E-state index in [1.807, 2.05) is 82.6 Å². The van der Waals surface area contributed by atoms with E-state index in [-0.39, 0.29) is 49.0 Å². The maximum absolute atomic E-state index is 14.2. The van der Waals surface area contributed by atoms with Crippen molar-refractivity contribution in [1.29, 1.82) is 0 Å². The quantitative estimate of drug-likeness (QED) is 0.117. The molecule has 0 bridgehead atoms. The average Bonchev–Trinajstić information content (AvgIpc) is 3.85. The Morgan fingerprint density at radius 2 is 1.63 bits per heavy atom. The number of rotatable bonds is 11. The fourth-order valence-electron chi connectivity index (χ4n) is 8.14. The zero-order valence-corrected chi connectivity index (χ0v) is 35.1. The van der Waals surface area contributed by atoms with Gasteiger partial charge in [0, 0.05) is 24.1 Å². The number of para-hydroxylation sites is 1. The first-order valence-corrected chi connectivity index (χ1v) is 21.2. The topological polar surface area (TPSA) is 161 Å². The molecule has 3 amide bonds. The minimum atomic E-state index is -0.892. The van der Waals surface area contributed by atoms with Crippen LogP contribution in [-0.4, -0.2) is 97.3 Å². The average molecular weight is 816 g/mol. The predicted molar refractivity (Wildman–Crippen MR) is 229 cm³/mol. The third kappa shape index (κ3) is 9.70. The number of carbonyl (C=O) groups excluding carboxylic acids is 3. The largest absolute Gasteiger partial charge is 0.507 e. The molecule has 0 saturated carbocycles. The van der Waals surface area contributed by atoms with Gasteiger partial charge in [-0.05, 0) is 91.6 Å². The summed E-state index contributed by atoms with van der Waals surface area (Å²) in [6.07, 6.45) is 2.77. The molecule has 4 atom stereocenters. The Morgan fingerprint density at radius 1 is 0.932 bits per heavy atom. The number of phenols is 1. The number of piperidine rings is 1. The number of benzene rings is 3. The van der Waals surface area contributed by atoms with E-state index in [2.05, 4.69) is 55.0 Å². The molecule has 5 aromatic rings. The second-order valence-electron chi connectivity index (χ2n) is 16.9. The zero-order chi connectivity index (χ0) is 41.8. The van der Waals surface area contributed by atoms with Crippen LogP contribution >= 0.6 is 11.3 Å². The van der Waals surface area contributed by atoms with Crippen molar-refractivity contribution in [1.82, 2.24) is 35.6 Å². The molecule has 2 saturated heterocycles. The number of nitrogens with one attached hydrogen (secondary N) is 2. The number of phenolic OH excluding ortho intramolecular Hbond substituents is 1. The Hall–Kier alpha value is -5.50. The number of amides is 3. The van der Waals surface area contributed by atoms with Crippen LogP contribution in [0.15, 0.2) is 90.6 Å². The summed E-state index contributed by atoms with van der Waals surface area (Å²) in [6, 6.07) is 23.4. The monoisotopic (exact) mass is 815 g/mol. The fraction of sp³-hybridized carbons (Fsp3) is 0.391. The Labute approximate surface area is 349 Å². The van der Waals surface area contributed by atoms with E-state index in [4.69, 9.17) is 0 Å². The van der Waals surface area contributed by atoms with Crippen LogP contribution in [0.2, 0.25) is 0 Å². The summed E-state index contributed by atoms with van der Waals surface area (Å²) in [7, 11) is 0. The van der Waals surface area contributed by atoms with Crippen molar-refractivity contribution in [3.05, 3.63) is 107 Å². The summed E-state index contributed by atoms with van der Waals surface area (Å²) in [5.74, 6) is -0.459.